The highest BCUT2D eigenvalue weighted by atomic mass is 19.4. The van der Waals surface area contributed by atoms with E-state index in [2.05, 4.69) is 10.6 Å². The number of amides is 2. The van der Waals surface area contributed by atoms with Gasteiger partial charge in [0.25, 0.3) is 5.91 Å². The van der Waals surface area contributed by atoms with Gasteiger partial charge in [-0.3, -0.25) is 9.59 Å². The highest BCUT2D eigenvalue weighted by Gasteiger charge is 2.31. The van der Waals surface area contributed by atoms with Crippen molar-refractivity contribution in [3.8, 4) is 0 Å². The predicted molar refractivity (Wildman–Crippen MR) is 116 cm³/mol. The Bertz CT molecular complexity index is 1050. The van der Waals surface area contributed by atoms with E-state index in [0.29, 0.717) is 11.1 Å². The highest BCUT2D eigenvalue weighted by Crippen LogP contribution is 2.30. The van der Waals surface area contributed by atoms with Gasteiger partial charge in [0.1, 0.15) is 0 Å². The molecule has 2 amide bonds. The molecule has 4 nitrogen and oxygen atoms in total. The van der Waals surface area contributed by atoms with Crippen molar-refractivity contribution < 1.29 is 22.8 Å². The minimum absolute atomic E-state index is 0.0636. The number of hydrogen-bond acceptors (Lipinski definition) is 2. The van der Waals surface area contributed by atoms with Crippen LogP contribution in [-0.4, -0.2) is 11.8 Å². The van der Waals surface area contributed by atoms with Crippen molar-refractivity contribution in [2.24, 2.45) is 0 Å². The van der Waals surface area contributed by atoms with Crippen LogP contribution in [0.15, 0.2) is 84.9 Å². The van der Waals surface area contributed by atoms with Crippen LogP contribution < -0.4 is 10.6 Å². The summed E-state index contributed by atoms with van der Waals surface area (Å²) in [6, 6.07) is 21.3. The number of benzene rings is 3. The molecular formula is C25H23F3N2O2. The first-order chi connectivity index (χ1) is 15.2. The fraction of sp³-hybridized carbons (Fsp3) is 0.200. The van der Waals surface area contributed by atoms with Crippen molar-refractivity contribution in [2.45, 2.75) is 31.6 Å². The summed E-state index contributed by atoms with van der Waals surface area (Å²) in [5.74, 6) is -0.713. The lowest BCUT2D eigenvalue weighted by atomic mass is 10.0. The molecule has 32 heavy (non-hydrogen) atoms. The van der Waals surface area contributed by atoms with Gasteiger partial charge in [-0.2, -0.15) is 13.2 Å². The van der Waals surface area contributed by atoms with Crippen molar-refractivity contribution in [3.05, 3.63) is 107 Å². The largest absolute Gasteiger partial charge is 0.416 e. The Kier molecular flexibility index (Phi) is 7.30. The minimum Gasteiger partial charge on any atom is -0.350 e. The van der Waals surface area contributed by atoms with E-state index in [1.54, 1.807) is 61.5 Å². The molecule has 0 bridgehead atoms. The number of rotatable bonds is 7. The van der Waals surface area contributed by atoms with E-state index in [0.717, 1.165) is 17.7 Å². The molecule has 0 aliphatic rings. The number of carbonyl (C=O) groups excluding carboxylic acids is 2. The predicted octanol–water partition coefficient (Wildman–Crippen LogP) is 5.44. The zero-order chi connectivity index (χ0) is 23.1. The first-order valence-electron chi connectivity index (χ1n) is 10.1. The Labute approximate surface area is 184 Å². The van der Waals surface area contributed by atoms with Gasteiger partial charge in [-0.05, 0) is 42.3 Å². The molecule has 0 saturated carbocycles. The van der Waals surface area contributed by atoms with Crippen LogP contribution in [0.4, 0.5) is 13.2 Å². The molecule has 0 fully saturated rings. The van der Waals surface area contributed by atoms with Crippen molar-refractivity contribution in [3.63, 3.8) is 0 Å². The second-order valence-electron chi connectivity index (χ2n) is 7.42. The van der Waals surface area contributed by atoms with Crippen molar-refractivity contribution in [1.82, 2.24) is 10.6 Å². The molecule has 3 aromatic rings. The van der Waals surface area contributed by atoms with E-state index >= 15 is 0 Å². The van der Waals surface area contributed by atoms with Gasteiger partial charge in [0.05, 0.1) is 24.1 Å². The summed E-state index contributed by atoms with van der Waals surface area (Å²) in [6.07, 6.45) is -4.52. The molecule has 0 spiro atoms. The number of carbonyl (C=O) groups is 2. The quantitative estimate of drug-likeness (QED) is 0.514. The molecule has 2 unspecified atom stereocenters. The van der Waals surface area contributed by atoms with Gasteiger partial charge in [0.2, 0.25) is 5.91 Å². The summed E-state index contributed by atoms with van der Waals surface area (Å²) in [5, 5.41) is 5.60. The maximum absolute atomic E-state index is 13.0. The van der Waals surface area contributed by atoms with E-state index in [9.17, 15) is 22.8 Å². The summed E-state index contributed by atoms with van der Waals surface area (Å²) < 4.78 is 39.0. The van der Waals surface area contributed by atoms with E-state index in [1.807, 2.05) is 6.07 Å². The molecule has 0 heterocycles. The third-order valence-corrected chi connectivity index (χ3v) is 5.02. The summed E-state index contributed by atoms with van der Waals surface area (Å²) in [5.41, 5.74) is 0.788. The van der Waals surface area contributed by atoms with E-state index in [1.165, 1.54) is 12.1 Å². The molecular weight excluding hydrogens is 417 g/mol. The Balaban J connectivity index is 1.72. The third-order valence-electron chi connectivity index (χ3n) is 5.02. The maximum Gasteiger partial charge on any atom is 0.416 e. The number of alkyl halides is 3. The molecule has 166 valence electrons. The van der Waals surface area contributed by atoms with Crippen LogP contribution in [0.2, 0.25) is 0 Å². The fourth-order valence-electron chi connectivity index (χ4n) is 3.32. The molecule has 0 radical (unpaired) electrons. The Hall–Kier alpha value is -3.61. The molecule has 7 heteroatoms. The van der Waals surface area contributed by atoms with Gasteiger partial charge in [-0.25, -0.2) is 0 Å². The zero-order valence-electron chi connectivity index (χ0n) is 17.4. The molecule has 0 saturated heterocycles. The number of halogens is 3. The molecule has 3 aromatic carbocycles. The van der Waals surface area contributed by atoms with E-state index in [-0.39, 0.29) is 12.3 Å². The van der Waals surface area contributed by atoms with Gasteiger partial charge < -0.3 is 10.6 Å². The van der Waals surface area contributed by atoms with Crippen LogP contribution in [0.5, 0.6) is 0 Å². The van der Waals surface area contributed by atoms with Gasteiger partial charge >= 0.3 is 6.18 Å². The highest BCUT2D eigenvalue weighted by molar-refractivity contribution is 5.94. The number of hydrogen-bond donors (Lipinski definition) is 2. The smallest absolute Gasteiger partial charge is 0.350 e. The lowest BCUT2D eigenvalue weighted by molar-refractivity contribution is -0.137. The minimum atomic E-state index is -4.46. The molecule has 0 aromatic heterocycles. The summed E-state index contributed by atoms with van der Waals surface area (Å²) in [6.45, 7) is 1.62. The summed E-state index contributed by atoms with van der Waals surface area (Å²) in [7, 11) is 0. The van der Waals surface area contributed by atoms with Crippen LogP contribution in [0, 0.1) is 0 Å². The molecule has 0 aliphatic heterocycles. The molecule has 2 N–H and O–H groups in total. The van der Waals surface area contributed by atoms with Gasteiger partial charge in [0.15, 0.2) is 0 Å². The molecule has 0 aliphatic carbocycles. The second kappa shape index (κ2) is 10.1. The monoisotopic (exact) mass is 440 g/mol. The molecule has 3 rings (SSSR count). The van der Waals surface area contributed by atoms with Crippen molar-refractivity contribution >= 4 is 11.8 Å². The first-order valence-corrected chi connectivity index (χ1v) is 10.1. The summed E-state index contributed by atoms with van der Waals surface area (Å²) in [4.78, 5) is 25.4. The van der Waals surface area contributed by atoms with E-state index in [4.69, 9.17) is 0 Å². The summed E-state index contributed by atoms with van der Waals surface area (Å²) >= 11 is 0. The lowest BCUT2D eigenvalue weighted by Gasteiger charge is -2.21. The average molecular weight is 440 g/mol. The van der Waals surface area contributed by atoms with Gasteiger partial charge in [-0.1, -0.05) is 60.7 Å². The fourth-order valence-corrected chi connectivity index (χ4v) is 3.32. The van der Waals surface area contributed by atoms with E-state index < -0.39 is 29.7 Å². The van der Waals surface area contributed by atoms with Crippen LogP contribution >= 0.6 is 0 Å². The van der Waals surface area contributed by atoms with Crippen molar-refractivity contribution in [1.29, 1.82) is 0 Å². The first kappa shape index (κ1) is 23.1. The van der Waals surface area contributed by atoms with Crippen LogP contribution in [-0.2, 0) is 11.0 Å². The normalized spacial score (nSPS) is 13.1. The second-order valence-corrected chi connectivity index (χ2v) is 7.42. The average Bonchev–Trinajstić information content (AvgIpc) is 2.79. The van der Waals surface area contributed by atoms with Crippen molar-refractivity contribution in [2.75, 3.05) is 0 Å². The van der Waals surface area contributed by atoms with Crippen LogP contribution in [0.1, 0.15) is 52.5 Å². The SMILES string of the molecule is CC(NC(=O)CC(NC(=O)c1ccccc1)c1ccccc1)c1cccc(C(F)(F)F)c1. The Morgan fingerprint density at radius 3 is 2.03 bits per heavy atom. The third kappa shape index (κ3) is 6.20. The topological polar surface area (TPSA) is 58.2 Å². The number of nitrogens with one attached hydrogen (secondary N) is 2. The Morgan fingerprint density at radius 2 is 1.41 bits per heavy atom. The maximum atomic E-state index is 13.0. The Morgan fingerprint density at radius 1 is 0.812 bits per heavy atom. The van der Waals surface area contributed by atoms with Gasteiger partial charge in [-0.15, -0.1) is 0 Å². The zero-order valence-corrected chi connectivity index (χ0v) is 17.4. The standard InChI is InChI=1S/C25H23F3N2O2/c1-17(20-13-8-14-21(15-20)25(26,27)28)29-23(31)16-22(18-9-4-2-5-10-18)30-24(32)19-11-6-3-7-12-19/h2-15,17,22H,16H2,1H3,(H,29,31)(H,30,32). The van der Waals surface area contributed by atoms with Gasteiger partial charge in [0, 0.05) is 5.56 Å². The van der Waals surface area contributed by atoms with Crippen LogP contribution in [0.3, 0.4) is 0 Å². The van der Waals surface area contributed by atoms with Crippen LogP contribution in [0.25, 0.3) is 0 Å². The molecule has 2 atom stereocenters. The lowest BCUT2D eigenvalue weighted by Crippen LogP contribution is -2.34.